The van der Waals surface area contributed by atoms with Crippen LogP contribution in [0.3, 0.4) is 0 Å². The molecule has 0 radical (unpaired) electrons. The molecule has 38 heavy (non-hydrogen) atoms. The monoisotopic (exact) mass is 505 g/mol. The molecule has 0 saturated heterocycles. The van der Waals surface area contributed by atoms with Gasteiger partial charge >= 0.3 is 0 Å². The van der Waals surface area contributed by atoms with E-state index in [0.717, 1.165) is 22.6 Å². The van der Waals surface area contributed by atoms with Crippen molar-refractivity contribution in [1.82, 2.24) is 15.0 Å². The van der Waals surface area contributed by atoms with E-state index in [0.29, 0.717) is 33.8 Å². The fourth-order valence-electron chi connectivity index (χ4n) is 5.29. The molecule has 0 bridgehead atoms. The Hall–Kier alpha value is -4.72. The second kappa shape index (κ2) is 9.97. The van der Waals surface area contributed by atoms with Gasteiger partial charge in [-0.2, -0.15) is 0 Å². The number of aromatic amines is 2. The summed E-state index contributed by atoms with van der Waals surface area (Å²) in [6.45, 7) is 0. The maximum absolute atomic E-state index is 11.4. The number of imidazole rings is 1. The van der Waals surface area contributed by atoms with E-state index in [9.17, 15) is 15.2 Å². The highest BCUT2D eigenvalue weighted by Crippen LogP contribution is 2.35. The minimum atomic E-state index is -0.444. The number of rotatable bonds is 6. The second-order valence-corrected chi connectivity index (χ2v) is 9.73. The van der Waals surface area contributed by atoms with Crippen LogP contribution in [0.5, 0.6) is 5.88 Å². The third-order valence-electron chi connectivity index (χ3n) is 7.26. The molecule has 1 aliphatic rings. The zero-order valence-electron chi connectivity index (χ0n) is 20.7. The van der Waals surface area contributed by atoms with Gasteiger partial charge in [0.05, 0.1) is 33.8 Å². The van der Waals surface area contributed by atoms with E-state index in [1.165, 1.54) is 44.2 Å². The van der Waals surface area contributed by atoms with Crippen molar-refractivity contribution in [2.45, 2.75) is 38.0 Å². The zero-order chi connectivity index (χ0) is 26.1. The molecule has 0 unspecified atom stereocenters. The van der Waals surface area contributed by atoms with Crippen molar-refractivity contribution in [3.05, 3.63) is 106 Å². The van der Waals surface area contributed by atoms with Crippen LogP contribution in [0.15, 0.2) is 84.0 Å². The number of nitro benzene ring substituents is 1. The van der Waals surface area contributed by atoms with Gasteiger partial charge in [0.1, 0.15) is 5.82 Å². The normalized spacial score (nSPS) is 14.7. The summed E-state index contributed by atoms with van der Waals surface area (Å²) in [6, 6.07) is 21.8. The molecule has 0 spiro atoms. The summed E-state index contributed by atoms with van der Waals surface area (Å²) in [5, 5.41) is 22.8. The molecule has 8 heteroatoms. The Morgan fingerprint density at radius 1 is 0.974 bits per heavy atom. The molecule has 1 aliphatic carbocycles. The number of benzene rings is 3. The van der Waals surface area contributed by atoms with Crippen molar-refractivity contribution in [1.29, 1.82) is 0 Å². The minimum absolute atomic E-state index is 0.0540. The highest BCUT2D eigenvalue weighted by Gasteiger charge is 2.21. The first-order valence-electron chi connectivity index (χ1n) is 12.9. The fraction of sp³-hybridized carbons (Fsp3) is 0.200. The molecule has 3 N–H and O–H groups in total. The number of aromatic hydroxyl groups is 1. The van der Waals surface area contributed by atoms with Crippen molar-refractivity contribution in [3.63, 3.8) is 0 Å². The van der Waals surface area contributed by atoms with Gasteiger partial charge in [-0.3, -0.25) is 10.1 Å². The van der Waals surface area contributed by atoms with Crippen LogP contribution in [0.2, 0.25) is 0 Å². The van der Waals surface area contributed by atoms with Crippen molar-refractivity contribution < 1.29 is 10.0 Å². The standard InChI is InChI=1S/C30H27N5O3/c36-30-27(24-17-23(35(37)38)15-16-25(24)34-30)28(20-7-3-1-4-8-20)32-22-13-11-19(12-14-22)26-18-31-29(33-26)21-9-5-2-6-10-21/h1,3-4,7-8,11-18,21,34,36H,2,5-6,9-10H2,(H,31,33). The Morgan fingerprint density at radius 3 is 2.47 bits per heavy atom. The van der Waals surface area contributed by atoms with Crippen LogP contribution in [-0.4, -0.2) is 30.7 Å². The lowest BCUT2D eigenvalue weighted by atomic mass is 9.89. The van der Waals surface area contributed by atoms with Crippen LogP contribution in [0.1, 0.15) is 55.0 Å². The maximum atomic E-state index is 11.4. The van der Waals surface area contributed by atoms with Crippen LogP contribution in [-0.2, 0) is 0 Å². The molecule has 2 aromatic heterocycles. The first-order valence-corrected chi connectivity index (χ1v) is 12.9. The Morgan fingerprint density at radius 2 is 1.74 bits per heavy atom. The molecule has 6 rings (SSSR count). The van der Waals surface area contributed by atoms with Crippen LogP contribution in [0.25, 0.3) is 22.2 Å². The Labute approximate surface area is 219 Å². The van der Waals surface area contributed by atoms with Crippen molar-refractivity contribution in [2.24, 2.45) is 4.99 Å². The molecule has 1 saturated carbocycles. The molecule has 0 atom stereocenters. The van der Waals surface area contributed by atoms with Crippen molar-refractivity contribution in [3.8, 4) is 17.1 Å². The number of aliphatic imine (C=N–C) groups is 1. The number of hydrogen-bond donors (Lipinski definition) is 3. The second-order valence-electron chi connectivity index (χ2n) is 9.73. The minimum Gasteiger partial charge on any atom is -0.494 e. The number of aromatic nitrogens is 3. The number of nitrogens with one attached hydrogen (secondary N) is 2. The molecule has 3 aromatic carbocycles. The van der Waals surface area contributed by atoms with Crippen LogP contribution >= 0.6 is 0 Å². The summed E-state index contributed by atoms with van der Waals surface area (Å²) in [5.74, 6) is 1.49. The highest BCUT2D eigenvalue weighted by atomic mass is 16.6. The Balaban J connectivity index is 1.39. The molecule has 5 aromatic rings. The molecule has 0 amide bonds. The smallest absolute Gasteiger partial charge is 0.270 e. The predicted molar refractivity (Wildman–Crippen MR) is 148 cm³/mol. The third-order valence-corrected chi connectivity index (χ3v) is 7.26. The number of nitrogens with zero attached hydrogens (tertiary/aromatic N) is 3. The van der Waals surface area contributed by atoms with Crippen molar-refractivity contribution in [2.75, 3.05) is 0 Å². The molecule has 2 heterocycles. The fourth-order valence-corrected chi connectivity index (χ4v) is 5.29. The largest absolute Gasteiger partial charge is 0.494 e. The lowest BCUT2D eigenvalue weighted by Gasteiger charge is -2.19. The quantitative estimate of drug-likeness (QED) is 0.127. The molecular formula is C30H27N5O3. The number of hydrogen-bond acceptors (Lipinski definition) is 5. The first kappa shape index (κ1) is 23.7. The van der Waals surface area contributed by atoms with E-state index < -0.39 is 4.92 Å². The summed E-state index contributed by atoms with van der Waals surface area (Å²) in [4.78, 5) is 27.0. The van der Waals surface area contributed by atoms with Crippen LogP contribution in [0, 0.1) is 10.1 Å². The van der Waals surface area contributed by atoms with E-state index >= 15 is 0 Å². The average Bonchev–Trinajstić information content (AvgIpc) is 3.57. The Kier molecular flexibility index (Phi) is 6.21. The van der Waals surface area contributed by atoms with E-state index in [2.05, 4.69) is 15.0 Å². The summed E-state index contributed by atoms with van der Waals surface area (Å²) in [5.41, 5.74) is 4.95. The average molecular weight is 506 g/mol. The van der Waals surface area contributed by atoms with E-state index in [1.54, 1.807) is 6.07 Å². The topological polar surface area (TPSA) is 120 Å². The maximum Gasteiger partial charge on any atom is 0.270 e. The summed E-state index contributed by atoms with van der Waals surface area (Å²) in [6.07, 6.45) is 8.10. The summed E-state index contributed by atoms with van der Waals surface area (Å²) in [7, 11) is 0. The number of non-ortho nitro benzene ring substituents is 1. The number of H-pyrrole nitrogens is 2. The van der Waals surface area contributed by atoms with Crippen LogP contribution in [0.4, 0.5) is 11.4 Å². The third kappa shape index (κ3) is 4.56. The van der Waals surface area contributed by atoms with Gasteiger partial charge in [0.2, 0.25) is 0 Å². The van der Waals surface area contributed by atoms with E-state index in [4.69, 9.17) is 4.99 Å². The van der Waals surface area contributed by atoms with Crippen molar-refractivity contribution >= 4 is 28.0 Å². The first-order chi connectivity index (χ1) is 18.6. The molecule has 8 nitrogen and oxygen atoms in total. The lowest BCUT2D eigenvalue weighted by Crippen LogP contribution is -2.06. The van der Waals surface area contributed by atoms with E-state index in [1.807, 2.05) is 60.8 Å². The van der Waals surface area contributed by atoms with Gasteiger partial charge in [-0.1, -0.05) is 61.7 Å². The number of fused-ring (bicyclic) bond motifs is 1. The lowest BCUT2D eigenvalue weighted by molar-refractivity contribution is -0.384. The zero-order valence-corrected chi connectivity index (χ0v) is 20.7. The highest BCUT2D eigenvalue weighted by molar-refractivity contribution is 6.22. The molecule has 1 fully saturated rings. The van der Waals surface area contributed by atoms with E-state index in [-0.39, 0.29) is 11.6 Å². The molecule has 190 valence electrons. The van der Waals surface area contributed by atoms with Crippen LogP contribution < -0.4 is 0 Å². The van der Waals surface area contributed by atoms with Gasteiger partial charge in [-0.05, 0) is 36.6 Å². The molecule has 0 aliphatic heterocycles. The van der Waals surface area contributed by atoms with Gasteiger partial charge in [-0.25, -0.2) is 9.98 Å². The van der Waals surface area contributed by atoms with Gasteiger partial charge in [0.25, 0.3) is 5.69 Å². The van der Waals surface area contributed by atoms with Gasteiger partial charge < -0.3 is 15.1 Å². The van der Waals surface area contributed by atoms with Gasteiger partial charge in [0, 0.05) is 34.5 Å². The number of nitro groups is 1. The van der Waals surface area contributed by atoms with Gasteiger partial charge in [0.15, 0.2) is 5.88 Å². The Bertz CT molecular complexity index is 1630. The molecular weight excluding hydrogens is 478 g/mol. The SMILES string of the molecule is O=[N+]([O-])c1ccc2[nH]c(O)c(C(=Nc3ccc(-c4cnc(C5CCCCC5)[nH]4)cc3)c3ccccc3)c2c1. The summed E-state index contributed by atoms with van der Waals surface area (Å²) < 4.78 is 0. The summed E-state index contributed by atoms with van der Waals surface area (Å²) >= 11 is 0. The van der Waals surface area contributed by atoms with Gasteiger partial charge in [-0.15, -0.1) is 0 Å². The predicted octanol–water partition coefficient (Wildman–Crippen LogP) is 7.39.